The van der Waals surface area contributed by atoms with Crippen molar-refractivity contribution in [1.82, 2.24) is 4.98 Å². The topological polar surface area (TPSA) is 131 Å². The minimum absolute atomic E-state index is 0.00117. The highest BCUT2D eigenvalue weighted by Gasteiger charge is 2.65. The van der Waals surface area contributed by atoms with Gasteiger partial charge in [-0.05, 0) is 114 Å². The highest BCUT2D eigenvalue weighted by Crippen LogP contribution is 2.74. The number of fused-ring (bicyclic) bond motifs is 8. The molecule has 3 saturated carbocycles. The number of phenolic OH excluding ortho intramolecular Hbond substituents is 2. The van der Waals surface area contributed by atoms with Crippen molar-refractivity contribution >= 4 is 23.3 Å². The van der Waals surface area contributed by atoms with Crippen molar-refractivity contribution < 1.29 is 30.0 Å². The fourth-order valence-corrected chi connectivity index (χ4v) is 10.6. The van der Waals surface area contributed by atoms with E-state index >= 15 is 0 Å². The van der Waals surface area contributed by atoms with Gasteiger partial charge >= 0.3 is 5.97 Å². The van der Waals surface area contributed by atoms with Crippen molar-refractivity contribution in [2.24, 2.45) is 28.1 Å². The number of benzene rings is 2. The summed E-state index contributed by atoms with van der Waals surface area (Å²) in [6, 6.07) is 7.13. The Morgan fingerprint density at radius 3 is 2.42 bits per heavy atom. The lowest BCUT2D eigenvalue weighted by Gasteiger charge is -2.69. The molecule has 7 rings (SSSR count). The number of rotatable bonds is 2. The number of aromatic carboxylic acids is 1. The van der Waals surface area contributed by atoms with Crippen LogP contribution in [0, 0.1) is 35.0 Å². The lowest BCUT2D eigenvalue weighted by molar-refractivity contribution is -0.145. The zero-order chi connectivity index (χ0) is 32.7. The summed E-state index contributed by atoms with van der Waals surface area (Å²) >= 11 is 0. The number of hydrogen-bond acceptors (Lipinski definition) is 4. The second-order valence-corrected chi connectivity index (χ2v) is 15.5. The molecule has 4 aliphatic rings. The van der Waals surface area contributed by atoms with Gasteiger partial charge in [-0.2, -0.15) is 0 Å². The molecule has 0 saturated heterocycles. The number of nitrogens with one attached hydrogen (secondary N) is 1. The Kier molecular flexibility index (Phi) is 7.22. The molecule has 1 heterocycles. The van der Waals surface area contributed by atoms with E-state index in [4.69, 9.17) is 9.90 Å². The van der Waals surface area contributed by atoms with Gasteiger partial charge < -0.3 is 25.4 Å². The molecule has 4 aliphatic carbocycles. The molecule has 1 aromatic heterocycles. The Morgan fingerprint density at radius 2 is 1.73 bits per heavy atom. The maximum Gasteiger partial charge on any atom is 0.335 e. The largest absolute Gasteiger partial charge is 0.504 e. The van der Waals surface area contributed by atoms with Crippen LogP contribution >= 0.6 is 0 Å². The summed E-state index contributed by atoms with van der Waals surface area (Å²) in [6.45, 7) is 14.2. The van der Waals surface area contributed by atoms with Crippen LogP contribution in [0.15, 0.2) is 42.1 Å². The monoisotopic (exact) mass is 613 g/mol. The molecule has 3 aromatic rings. The molecule has 0 amide bonds. The number of aromatic hydroxyl groups is 2. The van der Waals surface area contributed by atoms with Crippen molar-refractivity contribution in [2.45, 2.75) is 97.8 Å². The third-order valence-corrected chi connectivity index (χ3v) is 13.4. The van der Waals surface area contributed by atoms with Crippen LogP contribution in [0.2, 0.25) is 0 Å². The lowest BCUT2D eigenvalue weighted by atomic mass is 9.35. The molecule has 240 valence electrons. The molecule has 45 heavy (non-hydrogen) atoms. The Morgan fingerprint density at radius 1 is 1.02 bits per heavy atom. The van der Waals surface area contributed by atoms with Gasteiger partial charge in [-0.15, -0.1) is 0 Å². The van der Waals surface area contributed by atoms with Gasteiger partial charge in [-0.3, -0.25) is 4.79 Å². The minimum Gasteiger partial charge on any atom is -0.504 e. The molecular formula is C38H47NO6. The van der Waals surface area contributed by atoms with Crippen LogP contribution in [0.5, 0.6) is 11.5 Å². The van der Waals surface area contributed by atoms with Crippen LogP contribution in [-0.4, -0.2) is 37.9 Å². The van der Waals surface area contributed by atoms with E-state index < -0.39 is 5.97 Å². The second kappa shape index (κ2) is 10.4. The van der Waals surface area contributed by atoms with Crippen LogP contribution in [0.3, 0.4) is 0 Å². The first kappa shape index (κ1) is 31.3. The van der Waals surface area contributed by atoms with Crippen molar-refractivity contribution in [3.8, 4) is 11.5 Å². The molecule has 0 aliphatic heterocycles. The summed E-state index contributed by atoms with van der Waals surface area (Å²) in [4.78, 5) is 23.4. The highest BCUT2D eigenvalue weighted by molar-refractivity contribution is 5.95. The number of carboxylic acids is 1. The third kappa shape index (κ3) is 4.29. The van der Waals surface area contributed by atoms with Crippen LogP contribution in [0.4, 0.5) is 0 Å². The number of aromatic amines is 1. The molecule has 7 nitrogen and oxygen atoms in total. The first-order valence-electron chi connectivity index (χ1n) is 16.4. The predicted molar refractivity (Wildman–Crippen MR) is 175 cm³/mol. The Balaban J connectivity index is 0.00000115. The van der Waals surface area contributed by atoms with E-state index in [-0.39, 0.29) is 45.7 Å². The number of carbonyl (C=O) groups is 2. The molecule has 7 heteroatoms. The van der Waals surface area contributed by atoms with Crippen LogP contribution < -0.4 is 0 Å². The van der Waals surface area contributed by atoms with E-state index in [0.29, 0.717) is 11.3 Å². The quantitative estimate of drug-likeness (QED) is 0.112. The average molecular weight is 614 g/mol. The summed E-state index contributed by atoms with van der Waals surface area (Å²) in [5.74, 6) is 0.263. The number of aromatic nitrogens is 1. The van der Waals surface area contributed by atoms with Crippen LogP contribution in [0.1, 0.15) is 118 Å². The third-order valence-electron chi connectivity index (χ3n) is 13.4. The molecule has 0 bridgehead atoms. The van der Waals surface area contributed by atoms with Crippen molar-refractivity contribution in [1.29, 1.82) is 0 Å². The number of allylic oxidation sites excluding steroid dienone is 2. The predicted octanol–water partition coefficient (Wildman–Crippen LogP) is 8.66. The molecule has 2 unspecified atom stereocenters. The Bertz CT molecular complexity index is 1740. The maximum absolute atomic E-state index is 11.7. The van der Waals surface area contributed by atoms with Crippen molar-refractivity contribution in [2.75, 3.05) is 0 Å². The van der Waals surface area contributed by atoms with Crippen LogP contribution in [-0.2, 0) is 10.2 Å². The highest BCUT2D eigenvalue weighted by atomic mass is 16.4. The average Bonchev–Trinajstić information content (AvgIpc) is 3.42. The van der Waals surface area contributed by atoms with E-state index in [1.807, 2.05) is 25.3 Å². The first-order valence-corrected chi connectivity index (χ1v) is 16.4. The molecule has 3 fully saturated rings. The van der Waals surface area contributed by atoms with Gasteiger partial charge in [-0.25, -0.2) is 4.79 Å². The lowest BCUT2D eigenvalue weighted by Crippen LogP contribution is -2.61. The van der Waals surface area contributed by atoms with Crippen molar-refractivity contribution in [3.63, 3.8) is 0 Å². The Labute approximate surface area is 265 Å². The summed E-state index contributed by atoms with van der Waals surface area (Å²) < 4.78 is 0. The van der Waals surface area contributed by atoms with Gasteiger partial charge in [0, 0.05) is 28.4 Å². The minimum atomic E-state index is -0.944. The SMILES string of the molecule is Cc1c(O)c(O)cc2c1C(c1c[nH]c3cc(C(=O)O)ccc13)C=C1C3(C)CC[C@@]4(C)CC[C@H](C)C[C@H]4[C@]3(C)CC[C@]12C.O=CO. The van der Waals surface area contributed by atoms with E-state index in [0.717, 1.165) is 58.3 Å². The Hall–Kier alpha value is -3.74. The summed E-state index contributed by atoms with van der Waals surface area (Å²) in [5, 5.41) is 39.4. The zero-order valence-corrected chi connectivity index (χ0v) is 27.3. The smallest absolute Gasteiger partial charge is 0.335 e. The number of phenols is 2. The van der Waals surface area contributed by atoms with Gasteiger partial charge in [0.15, 0.2) is 11.5 Å². The standard InChI is InChI=1S/C37H45NO4.CH2O2/c1-20-9-10-34(3)11-13-37(6)30-17-24(25-19-38-27-16-22(33(41)42)7-8-23(25)27)31-21(2)32(40)28(39)18-26(31)35(30,4)12-14-36(37,5)29(34)15-20;2-1-3/h7-8,16-20,24,29,38-40H,9-15H2,1-6H3,(H,41,42);1H,(H,2,3)/t20-,24?,29+,34+,35-,36-,37?;/m0./s1. The maximum atomic E-state index is 11.7. The molecule has 0 spiro atoms. The number of carboxylic acid groups (broad SMARTS) is 2. The fourth-order valence-electron chi connectivity index (χ4n) is 10.6. The first-order chi connectivity index (χ1) is 21.1. The van der Waals surface area contributed by atoms with Gasteiger partial charge in [0.05, 0.1) is 5.56 Å². The number of hydrogen-bond donors (Lipinski definition) is 5. The zero-order valence-electron chi connectivity index (χ0n) is 27.3. The van der Waals surface area contributed by atoms with Gasteiger partial charge in [-0.1, -0.05) is 58.8 Å². The summed E-state index contributed by atoms with van der Waals surface area (Å²) in [5.41, 5.74) is 6.85. The molecule has 2 aromatic carbocycles. The van der Waals surface area contributed by atoms with E-state index in [1.54, 1.807) is 12.1 Å². The summed E-state index contributed by atoms with van der Waals surface area (Å²) in [6.07, 6.45) is 13.1. The molecular weight excluding hydrogens is 566 g/mol. The van der Waals surface area contributed by atoms with Gasteiger partial charge in [0.1, 0.15) is 0 Å². The van der Waals surface area contributed by atoms with E-state index in [1.165, 1.54) is 31.3 Å². The molecule has 5 N–H and O–H groups in total. The number of H-pyrrole nitrogens is 1. The van der Waals surface area contributed by atoms with E-state index in [2.05, 4.69) is 45.7 Å². The van der Waals surface area contributed by atoms with Gasteiger partial charge in [0.25, 0.3) is 6.47 Å². The second-order valence-electron chi connectivity index (χ2n) is 15.5. The van der Waals surface area contributed by atoms with Crippen LogP contribution in [0.25, 0.3) is 10.9 Å². The fraction of sp³-hybridized carbons (Fsp3) is 0.526. The van der Waals surface area contributed by atoms with E-state index in [9.17, 15) is 20.1 Å². The normalized spacial score (nSPS) is 35.1. The molecule has 7 atom stereocenters. The van der Waals surface area contributed by atoms with Gasteiger partial charge in [0.2, 0.25) is 0 Å². The van der Waals surface area contributed by atoms with Crippen molar-refractivity contribution in [3.05, 3.63) is 69.9 Å². The summed E-state index contributed by atoms with van der Waals surface area (Å²) in [7, 11) is 0. The molecule has 0 radical (unpaired) electrons.